The van der Waals surface area contributed by atoms with E-state index < -0.39 is 0 Å². The molecule has 0 amide bonds. The van der Waals surface area contributed by atoms with Crippen LogP contribution in [0.3, 0.4) is 0 Å². The Kier molecular flexibility index (Phi) is 3.30. The van der Waals surface area contributed by atoms with Crippen molar-refractivity contribution in [1.82, 2.24) is 0 Å². The summed E-state index contributed by atoms with van der Waals surface area (Å²) in [5.74, 6) is 0.896. The standard InChI is InChI=1S/C15H17ClO/c1-9-5-10(2)14(11(3)6-9)15(16)13-7-12(4)17-8-13/h5-8,15H,1-4H3. The van der Waals surface area contributed by atoms with E-state index in [0.717, 1.165) is 11.3 Å². The fourth-order valence-electron chi connectivity index (χ4n) is 2.35. The summed E-state index contributed by atoms with van der Waals surface area (Å²) < 4.78 is 5.33. The number of aryl methyl sites for hydroxylation is 4. The van der Waals surface area contributed by atoms with Crippen LogP contribution in [0, 0.1) is 27.7 Å². The lowest BCUT2D eigenvalue weighted by Gasteiger charge is -2.15. The predicted molar refractivity (Wildman–Crippen MR) is 71.8 cm³/mol. The number of halogens is 1. The second-order valence-corrected chi connectivity index (χ2v) is 5.10. The molecule has 90 valence electrons. The number of hydrogen-bond donors (Lipinski definition) is 0. The molecular weight excluding hydrogens is 232 g/mol. The highest BCUT2D eigenvalue weighted by molar-refractivity contribution is 6.22. The highest BCUT2D eigenvalue weighted by Crippen LogP contribution is 2.34. The Morgan fingerprint density at radius 1 is 1.00 bits per heavy atom. The summed E-state index contributed by atoms with van der Waals surface area (Å²) in [6, 6.07) is 6.34. The number of benzene rings is 1. The summed E-state index contributed by atoms with van der Waals surface area (Å²) in [5.41, 5.74) is 5.97. The van der Waals surface area contributed by atoms with Crippen LogP contribution in [0.2, 0.25) is 0 Å². The molecule has 17 heavy (non-hydrogen) atoms. The first kappa shape index (κ1) is 12.3. The third-order valence-electron chi connectivity index (χ3n) is 3.03. The maximum Gasteiger partial charge on any atom is 0.101 e. The van der Waals surface area contributed by atoms with Crippen LogP contribution in [0.15, 0.2) is 28.9 Å². The number of furan rings is 1. The van der Waals surface area contributed by atoms with Gasteiger partial charge in [0, 0.05) is 5.56 Å². The molecule has 0 spiro atoms. The normalized spacial score (nSPS) is 12.8. The number of hydrogen-bond acceptors (Lipinski definition) is 1. The molecule has 1 unspecified atom stereocenters. The first-order valence-corrected chi connectivity index (χ1v) is 6.19. The van der Waals surface area contributed by atoms with Crippen molar-refractivity contribution in [2.24, 2.45) is 0 Å². The van der Waals surface area contributed by atoms with Crippen LogP contribution in [0.5, 0.6) is 0 Å². The second kappa shape index (κ2) is 4.58. The Morgan fingerprint density at radius 2 is 1.59 bits per heavy atom. The van der Waals surface area contributed by atoms with Crippen LogP contribution >= 0.6 is 11.6 Å². The zero-order valence-corrected chi connectivity index (χ0v) is 11.4. The molecule has 0 N–H and O–H groups in total. The van der Waals surface area contributed by atoms with E-state index in [1.54, 1.807) is 6.26 Å². The zero-order chi connectivity index (χ0) is 12.6. The molecule has 0 saturated carbocycles. The van der Waals surface area contributed by atoms with Gasteiger partial charge in [0.1, 0.15) is 5.76 Å². The van der Waals surface area contributed by atoms with Crippen LogP contribution in [0.4, 0.5) is 0 Å². The van der Waals surface area contributed by atoms with Crippen LogP contribution in [-0.2, 0) is 0 Å². The molecule has 0 radical (unpaired) electrons. The average Bonchev–Trinajstić information content (AvgIpc) is 2.63. The van der Waals surface area contributed by atoms with E-state index in [0.29, 0.717) is 0 Å². The van der Waals surface area contributed by atoms with Crippen molar-refractivity contribution in [3.05, 3.63) is 58.0 Å². The Bertz CT molecular complexity index is 517. The molecule has 1 atom stereocenters. The molecule has 0 aliphatic heterocycles. The van der Waals surface area contributed by atoms with Gasteiger partial charge in [-0.2, -0.15) is 0 Å². The predicted octanol–water partition coefficient (Wildman–Crippen LogP) is 4.84. The maximum atomic E-state index is 6.55. The second-order valence-electron chi connectivity index (χ2n) is 4.67. The third-order valence-corrected chi connectivity index (χ3v) is 3.51. The first-order valence-electron chi connectivity index (χ1n) is 5.76. The molecule has 1 nitrogen and oxygen atoms in total. The molecule has 0 saturated heterocycles. The van der Waals surface area contributed by atoms with Crippen LogP contribution < -0.4 is 0 Å². The van der Waals surface area contributed by atoms with Gasteiger partial charge in [-0.15, -0.1) is 11.6 Å². The van der Waals surface area contributed by atoms with Crippen molar-refractivity contribution in [3.8, 4) is 0 Å². The topological polar surface area (TPSA) is 13.1 Å². The lowest BCUT2D eigenvalue weighted by molar-refractivity contribution is 0.532. The highest BCUT2D eigenvalue weighted by Gasteiger charge is 2.17. The van der Waals surface area contributed by atoms with Crippen LogP contribution in [-0.4, -0.2) is 0 Å². The summed E-state index contributed by atoms with van der Waals surface area (Å²) in [6.45, 7) is 8.26. The van der Waals surface area contributed by atoms with Gasteiger partial charge in [-0.3, -0.25) is 0 Å². The van der Waals surface area contributed by atoms with Gasteiger partial charge >= 0.3 is 0 Å². The minimum atomic E-state index is -0.131. The lowest BCUT2D eigenvalue weighted by Crippen LogP contribution is -1.99. The Hall–Kier alpha value is -1.21. The molecule has 1 aromatic carbocycles. The van der Waals surface area contributed by atoms with Crippen molar-refractivity contribution in [2.45, 2.75) is 33.1 Å². The maximum absolute atomic E-state index is 6.55. The summed E-state index contributed by atoms with van der Waals surface area (Å²) in [6.07, 6.45) is 1.74. The lowest BCUT2D eigenvalue weighted by atomic mass is 9.95. The SMILES string of the molecule is Cc1cc(C)c(C(Cl)c2coc(C)c2)c(C)c1. The van der Waals surface area contributed by atoms with Gasteiger partial charge in [0.15, 0.2) is 0 Å². The molecule has 2 heteroatoms. The van der Waals surface area contributed by atoms with Gasteiger partial charge in [0.25, 0.3) is 0 Å². The Labute approximate surface area is 107 Å². The Balaban J connectivity index is 2.47. The van der Waals surface area contributed by atoms with Gasteiger partial charge in [-0.1, -0.05) is 17.7 Å². The molecule has 1 heterocycles. The highest BCUT2D eigenvalue weighted by atomic mass is 35.5. The van der Waals surface area contributed by atoms with E-state index in [4.69, 9.17) is 16.0 Å². The first-order chi connectivity index (χ1) is 7.99. The summed E-state index contributed by atoms with van der Waals surface area (Å²) in [4.78, 5) is 0. The summed E-state index contributed by atoms with van der Waals surface area (Å²) in [5, 5.41) is -0.131. The van der Waals surface area contributed by atoms with E-state index in [2.05, 4.69) is 32.9 Å². The van der Waals surface area contributed by atoms with Crippen molar-refractivity contribution < 1.29 is 4.42 Å². The average molecular weight is 249 g/mol. The van der Waals surface area contributed by atoms with Gasteiger partial charge in [0.2, 0.25) is 0 Å². The van der Waals surface area contributed by atoms with Gasteiger partial charge in [-0.05, 0) is 50.5 Å². The van der Waals surface area contributed by atoms with Gasteiger partial charge < -0.3 is 4.42 Å². The largest absolute Gasteiger partial charge is 0.469 e. The zero-order valence-electron chi connectivity index (χ0n) is 10.7. The summed E-state index contributed by atoms with van der Waals surface area (Å²) >= 11 is 6.55. The van der Waals surface area contributed by atoms with E-state index in [1.165, 1.54) is 22.3 Å². The molecule has 0 bridgehead atoms. The quantitative estimate of drug-likeness (QED) is 0.693. The smallest absolute Gasteiger partial charge is 0.101 e. The fourth-order valence-corrected chi connectivity index (χ4v) is 2.81. The van der Waals surface area contributed by atoms with Gasteiger partial charge in [-0.25, -0.2) is 0 Å². The fraction of sp³-hybridized carbons (Fsp3) is 0.333. The molecular formula is C15H17ClO. The van der Waals surface area contributed by atoms with E-state index in [9.17, 15) is 0 Å². The molecule has 1 aromatic heterocycles. The minimum absolute atomic E-state index is 0.131. The number of rotatable bonds is 2. The third kappa shape index (κ3) is 2.39. The van der Waals surface area contributed by atoms with Crippen molar-refractivity contribution in [2.75, 3.05) is 0 Å². The van der Waals surface area contributed by atoms with Gasteiger partial charge in [0.05, 0.1) is 11.6 Å². The molecule has 0 aliphatic rings. The minimum Gasteiger partial charge on any atom is -0.469 e. The van der Waals surface area contributed by atoms with E-state index in [1.807, 2.05) is 13.0 Å². The number of alkyl halides is 1. The van der Waals surface area contributed by atoms with Crippen molar-refractivity contribution in [1.29, 1.82) is 0 Å². The van der Waals surface area contributed by atoms with E-state index in [-0.39, 0.29) is 5.38 Å². The van der Waals surface area contributed by atoms with Crippen molar-refractivity contribution in [3.63, 3.8) is 0 Å². The Morgan fingerprint density at radius 3 is 2.06 bits per heavy atom. The summed E-state index contributed by atoms with van der Waals surface area (Å²) in [7, 11) is 0. The molecule has 2 aromatic rings. The van der Waals surface area contributed by atoms with E-state index >= 15 is 0 Å². The van der Waals surface area contributed by atoms with Crippen molar-refractivity contribution >= 4 is 11.6 Å². The van der Waals surface area contributed by atoms with Crippen LogP contribution in [0.1, 0.15) is 39.0 Å². The van der Waals surface area contributed by atoms with Crippen LogP contribution in [0.25, 0.3) is 0 Å². The molecule has 0 fully saturated rings. The molecule has 0 aliphatic carbocycles. The monoisotopic (exact) mass is 248 g/mol. The molecule has 2 rings (SSSR count).